The van der Waals surface area contributed by atoms with Gasteiger partial charge in [0.25, 0.3) is 0 Å². The molecule has 1 saturated heterocycles. The van der Waals surface area contributed by atoms with Crippen LogP contribution in [0.1, 0.15) is 173 Å². The fourth-order valence-electron chi connectivity index (χ4n) is 10.7. The molecule has 10 atom stereocenters. The van der Waals surface area contributed by atoms with Crippen molar-refractivity contribution in [1.29, 1.82) is 0 Å². The predicted octanol–water partition coefficient (Wildman–Crippen LogP) is -3.61. The highest BCUT2D eigenvalue weighted by molar-refractivity contribution is 6.00. The number of hydrogen-bond acceptors (Lipinski definition) is 20. The van der Waals surface area contributed by atoms with Crippen LogP contribution in [0, 0.1) is 5.92 Å². The molecule has 0 bridgehead atoms. The van der Waals surface area contributed by atoms with Gasteiger partial charge in [0, 0.05) is 19.3 Å². The van der Waals surface area contributed by atoms with Gasteiger partial charge in [0.15, 0.2) is 0 Å². The van der Waals surface area contributed by atoms with Crippen LogP contribution in [-0.4, -0.2) is 186 Å². The van der Waals surface area contributed by atoms with Gasteiger partial charge in [-0.1, -0.05) is 44.2 Å². The Morgan fingerprint density at radius 3 is 0.990 bits per heavy atom. The summed E-state index contributed by atoms with van der Waals surface area (Å²) in [5.74, 6) is -10.2. The Balaban J connectivity index is 2.36. The molecular weight excluding hydrogens is 1250 g/mol. The van der Waals surface area contributed by atoms with Gasteiger partial charge in [-0.3, -0.25) is 57.5 Å². The minimum atomic E-state index is -1.58. The molecule has 12 amide bonds. The number of carbonyl (C=O) groups excluding carboxylic acids is 12. The largest absolute Gasteiger partial charge is 0.370 e. The fraction of sp³-hybridized carbons (Fsp3) is 0.688. The van der Waals surface area contributed by atoms with Crippen LogP contribution >= 0.6 is 0 Å². The Morgan fingerprint density at radius 1 is 0.402 bits per heavy atom. The molecule has 2 heterocycles. The highest BCUT2D eigenvalue weighted by atomic mass is 16.2. The van der Waals surface area contributed by atoms with E-state index in [0.717, 1.165) is 0 Å². The van der Waals surface area contributed by atoms with Gasteiger partial charge in [0.05, 0.1) is 12.7 Å². The number of nitrogens with one attached hydrogen (secondary N) is 12. The van der Waals surface area contributed by atoms with E-state index in [9.17, 15) is 57.5 Å². The zero-order chi connectivity index (χ0) is 71.5. The molecule has 1 fully saturated rings. The molecule has 33 heteroatoms. The lowest BCUT2D eigenvalue weighted by Gasteiger charge is -2.29. The van der Waals surface area contributed by atoms with Crippen molar-refractivity contribution in [2.45, 2.75) is 235 Å². The van der Waals surface area contributed by atoms with Gasteiger partial charge in [-0.15, -0.1) is 0 Å². The number of aromatic amines is 1. The number of amides is 12. The van der Waals surface area contributed by atoms with Crippen molar-refractivity contribution < 1.29 is 57.5 Å². The molecule has 26 N–H and O–H groups in total. The third-order valence-electron chi connectivity index (χ3n) is 16.3. The number of H-pyrrole nitrogens is 1. The molecular formula is C64H111N21O12. The SMILES string of the molecule is CC(C)C[C@@H]1NC(=O)[C@H](CCCCN)NC(=O)[C@H](CCCCN)NC(=O)[C@H](Cc2ccccc2)NC(=O)[C@H](CCCCN)NC(=O)[C@H](CCCCN)NC(=O)[C@H](CCC(=O)NCc2cn[nH]n2)NC(=O)[C@H](CCCCN)NC(=O)[C@H](CCCCN)NC(=O)[C@H](CCC(N)=O)NC1=O. The number of nitrogens with zero attached hydrogens (tertiary/aromatic N) is 2. The minimum Gasteiger partial charge on any atom is -0.370 e. The monoisotopic (exact) mass is 1370 g/mol. The molecule has 0 aliphatic carbocycles. The number of rotatable bonds is 36. The normalized spacial score (nSPS) is 22.7. The molecule has 1 aliphatic heterocycles. The number of hydrogen-bond donors (Lipinski definition) is 19. The topological polar surface area (TPSA) is 561 Å². The summed E-state index contributed by atoms with van der Waals surface area (Å²) >= 11 is 0. The van der Waals surface area contributed by atoms with E-state index < -0.39 is 138 Å². The van der Waals surface area contributed by atoms with Crippen molar-refractivity contribution >= 4 is 70.9 Å². The molecule has 1 aliphatic rings. The lowest BCUT2D eigenvalue weighted by Crippen LogP contribution is -2.61. The molecule has 3 rings (SSSR count). The maximum atomic E-state index is 14.9. The second-order valence-electron chi connectivity index (χ2n) is 24.9. The van der Waals surface area contributed by atoms with Crippen LogP contribution in [0.15, 0.2) is 36.5 Å². The van der Waals surface area contributed by atoms with Crippen LogP contribution in [0.5, 0.6) is 0 Å². The van der Waals surface area contributed by atoms with Crippen molar-refractivity contribution in [3.05, 3.63) is 47.8 Å². The number of benzene rings is 1. The van der Waals surface area contributed by atoms with Crippen molar-refractivity contribution in [3.8, 4) is 0 Å². The van der Waals surface area contributed by atoms with E-state index >= 15 is 0 Å². The highest BCUT2D eigenvalue weighted by Crippen LogP contribution is 2.15. The van der Waals surface area contributed by atoms with E-state index in [1.807, 2.05) is 0 Å². The van der Waals surface area contributed by atoms with Crippen LogP contribution in [0.4, 0.5) is 0 Å². The molecule has 2 aromatic rings. The first-order valence-electron chi connectivity index (χ1n) is 34.3. The third kappa shape index (κ3) is 33.0. The Hall–Kier alpha value is -8.24. The number of primary amides is 1. The summed E-state index contributed by atoms with van der Waals surface area (Å²) in [5, 5.41) is 40.2. The maximum absolute atomic E-state index is 14.9. The summed E-state index contributed by atoms with van der Waals surface area (Å²) in [6.07, 6.45) is 3.95. The summed E-state index contributed by atoms with van der Waals surface area (Å²) in [7, 11) is 0. The van der Waals surface area contributed by atoms with Crippen molar-refractivity contribution in [2.75, 3.05) is 39.3 Å². The number of unbranched alkanes of at least 4 members (excludes halogenated alkanes) is 6. The minimum absolute atomic E-state index is 0.00165. The van der Waals surface area contributed by atoms with Gasteiger partial charge in [-0.25, -0.2) is 0 Å². The molecule has 544 valence electrons. The number of nitrogens with two attached hydrogens (primary N) is 7. The van der Waals surface area contributed by atoms with Crippen LogP contribution in [0.25, 0.3) is 0 Å². The second kappa shape index (κ2) is 47.6. The van der Waals surface area contributed by atoms with E-state index in [4.69, 9.17) is 40.1 Å². The molecule has 33 nitrogen and oxygen atoms in total. The summed E-state index contributed by atoms with van der Waals surface area (Å²) in [5.41, 5.74) is 41.9. The number of aromatic nitrogens is 3. The van der Waals surface area contributed by atoms with E-state index in [0.29, 0.717) is 69.0 Å². The van der Waals surface area contributed by atoms with Crippen molar-refractivity contribution in [1.82, 2.24) is 73.9 Å². The van der Waals surface area contributed by atoms with Gasteiger partial charge >= 0.3 is 0 Å². The van der Waals surface area contributed by atoms with Crippen molar-refractivity contribution in [3.63, 3.8) is 0 Å². The smallest absolute Gasteiger partial charge is 0.243 e. The lowest BCUT2D eigenvalue weighted by molar-refractivity contribution is -0.137. The summed E-state index contributed by atoms with van der Waals surface area (Å²) in [6.45, 7) is 4.83. The second-order valence-corrected chi connectivity index (χ2v) is 24.9. The average molecular weight is 1370 g/mol. The Morgan fingerprint density at radius 2 is 0.691 bits per heavy atom. The van der Waals surface area contributed by atoms with Crippen LogP contribution in [-0.2, 0) is 70.5 Å². The maximum Gasteiger partial charge on any atom is 0.243 e. The zero-order valence-corrected chi connectivity index (χ0v) is 56.6. The first-order chi connectivity index (χ1) is 46.6. The zero-order valence-electron chi connectivity index (χ0n) is 56.6. The Kier molecular flexibility index (Phi) is 40.8. The molecule has 1 aromatic heterocycles. The van der Waals surface area contributed by atoms with E-state index in [-0.39, 0.29) is 142 Å². The van der Waals surface area contributed by atoms with Crippen LogP contribution < -0.4 is 98.6 Å². The molecule has 1 aromatic carbocycles. The first-order valence-corrected chi connectivity index (χ1v) is 34.3. The average Bonchev–Trinajstić information content (AvgIpc) is 1.88. The summed E-state index contributed by atoms with van der Waals surface area (Å²) < 4.78 is 0. The summed E-state index contributed by atoms with van der Waals surface area (Å²) in [4.78, 5) is 173. The standard InChI is InChI=1S/C64H111N21O12/c1-40(2)36-51-63(96)81-49(26-28-53(71)86)61(94)77-43(20-6-12-30-65)55(88)74-45(22-8-14-32-67)58(91)80-50(27-29-54(87)72-38-42-39-73-85-84-42)62(95)78-44(21-7-13-31-66)56(89)76-48(25-11-17-35-70)60(93)83-52(37-41-18-4-3-5-19-41)64(97)79-46(23-9-15-33-68)57(90)75-47(59(92)82-51)24-10-16-34-69/h3-5,18-19,39-40,43-52H,6-17,20-38,65-70H2,1-2H3,(H2,71,86)(H,72,87)(H,74,88)(H,75,90)(H,76,89)(H,77,94)(H,78,95)(H,79,97)(H,80,91)(H,81,96)(H,82,92)(H,83,93)(H,73,84,85)/t43-,44-,45-,46-,47-,48-,49-,50-,51-,52-/m0/s1. The Labute approximate surface area is 568 Å². The number of carbonyl (C=O) groups is 12. The molecule has 0 spiro atoms. The summed E-state index contributed by atoms with van der Waals surface area (Å²) in [6, 6.07) is -5.46. The van der Waals surface area contributed by atoms with Crippen molar-refractivity contribution in [2.24, 2.45) is 46.1 Å². The van der Waals surface area contributed by atoms with Gasteiger partial charge < -0.3 is 98.6 Å². The van der Waals surface area contributed by atoms with E-state index in [1.165, 1.54) is 6.20 Å². The van der Waals surface area contributed by atoms with Gasteiger partial charge in [-0.2, -0.15) is 15.4 Å². The fourth-order valence-corrected chi connectivity index (χ4v) is 10.7. The van der Waals surface area contributed by atoms with Crippen LogP contribution in [0.3, 0.4) is 0 Å². The predicted molar refractivity (Wildman–Crippen MR) is 362 cm³/mol. The quantitative estimate of drug-likeness (QED) is 0.0293. The molecule has 97 heavy (non-hydrogen) atoms. The molecule has 0 unspecified atom stereocenters. The van der Waals surface area contributed by atoms with E-state index in [1.54, 1.807) is 44.2 Å². The van der Waals surface area contributed by atoms with Gasteiger partial charge in [0.2, 0.25) is 70.9 Å². The van der Waals surface area contributed by atoms with Gasteiger partial charge in [-0.05, 0) is 186 Å². The van der Waals surface area contributed by atoms with Gasteiger partial charge in [0.1, 0.15) is 66.1 Å². The van der Waals surface area contributed by atoms with Crippen LogP contribution in [0.2, 0.25) is 0 Å². The third-order valence-corrected chi connectivity index (χ3v) is 16.3. The molecule has 0 radical (unpaired) electrons. The molecule has 0 saturated carbocycles. The first kappa shape index (κ1) is 83.0. The van der Waals surface area contributed by atoms with E-state index in [2.05, 4.69) is 73.9 Å². The Bertz CT molecular complexity index is 2750. The lowest BCUT2D eigenvalue weighted by atomic mass is 10.00. The highest BCUT2D eigenvalue weighted by Gasteiger charge is 2.37.